The van der Waals surface area contributed by atoms with Crippen molar-refractivity contribution in [3.8, 4) is 0 Å². The molecule has 0 spiro atoms. The van der Waals surface area contributed by atoms with Gasteiger partial charge in [0, 0.05) is 7.11 Å². The third kappa shape index (κ3) is 4.54. The van der Waals surface area contributed by atoms with Crippen LogP contribution < -0.4 is 0 Å². The molecule has 0 aliphatic rings. The average Bonchev–Trinajstić information content (AvgIpc) is 2.03. The molecule has 0 atom stereocenters. The predicted octanol–water partition coefficient (Wildman–Crippen LogP) is 1.79. The highest BCUT2D eigenvalue weighted by molar-refractivity contribution is 6.57. The van der Waals surface area contributed by atoms with Gasteiger partial charge in [0.25, 0.3) is 0 Å². The van der Waals surface area contributed by atoms with Gasteiger partial charge >= 0.3 is 5.97 Å². The summed E-state index contributed by atoms with van der Waals surface area (Å²) in [5.74, 6) is -2.48. The largest absolute Gasteiger partial charge is 0.458 e. The molecule has 0 rings (SSSR count). The standard InChI is InChI=1S/C6H7Cl2FO3/c1-11-2-3-12-6(10)4(9)5(7)8/h2-3H2,1H3. The molecule has 0 aromatic heterocycles. The van der Waals surface area contributed by atoms with E-state index in [-0.39, 0.29) is 13.2 Å². The third-order valence-corrected chi connectivity index (χ3v) is 1.20. The number of halogens is 3. The van der Waals surface area contributed by atoms with Gasteiger partial charge in [-0.25, -0.2) is 4.79 Å². The van der Waals surface area contributed by atoms with E-state index in [1.54, 1.807) is 0 Å². The summed E-state index contributed by atoms with van der Waals surface area (Å²) in [5, 5.41) is 0. The zero-order valence-corrected chi connectivity index (χ0v) is 7.78. The second kappa shape index (κ2) is 6.22. The van der Waals surface area contributed by atoms with Crippen molar-refractivity contribution in [1.82, 2.24) is 0 Å². The van der Waals surface area contributed by atoms with Crippen LogP contribution in [0, 0.1) is 0 Å². The molecule has 0 bridgehead atoms. The van der Waals surface area contributed by atoms with E-state index in [0.717, 1.165) is 0 Å². The number of hydrogen-bond acceptors (Lipinski definition) is 3. The summed E-state index contributed by atoms with van der Waals surface area (Å²) < 4.78 is 20.6. The van der Waals surface area contributed by atoms with Gasteiger partial charge < -0.3 is 9.47 Å². The summed E-state index contributed by atoms with van der Waals surface area (Å²) in [5.41, 5.74) is 0. The van der Waals surface area contributed by atoms with Crippen LogP contribution in [0.25, 0.3) is 0 Å². The van der Waals surface area contributed by atoms with Gasteiger partial charge in [-0.1, -0.05) is 23.2 Å². The second-order valence-corrected chi connectivity index (χ2v) is 2.65. The lowest BCUT2D eigenvalue weighted by Crippen LogP contribution is -2.10. The Bertz CT molecular complexity index is 189. The van der Waals surface area contributed by atoms with Crippen LogP contribution in [0.3, 0.4) is 0 Å². The molecule has 0 N–H and O–H groups in total. The molecule has 0 aromatic carbocycles. The van der Waals surface area contributed by atoms with Crippen LogP contribution >= 0.6 is 23.2 Å². The van der Waals surface area contributed by atoms with Crippen LogP contribution in [0.5, 0.6) is 0 Å². The van der Waals surface area contributed by atoms with Crippen molar-refractivity contribution in [2.45, 2.75) is 0 Å². The van der Waals surface area contributed by atoms with Gasteiger partial charge in [-0.15, -0.1) is 0 Å². The van der Waals surface area contributed by atoms with E-state index >= 15 is 0 Å². The van der Waals surface area contributed by atoms with E-state index < -0.39 is 16.3 Å². The van der Waals surface area contributed by atoms with Crippen molar-refractivity contribution in [3.05, 3.63) is 10.3 Å². The van der Waals surface area contributed by atoms with E-state index in [0.29, 0.717) is 0 Å². The molecule has 0 aromatic rings. The summed E-state index contributed by atoms with van der Waals surface area (Å²) in [4.78, 5) is 10.6. The van der Waals surface area contributed by atoms with Crippen molar-refractivity contribution < 1.29 is 18.7 Å². The molecule has 0 aliphatic carbocycles. The Kier molecular flexibility index (Phi) is 6.06. The topological polar surface area (TPSA) is 35.5 Å². The Hall–Kier alpha value is -0.320. The molecule has 0 saturated carbocycles. The zero-order valence-electron chi connectivity index (χ0n) is 6.27. The molecule has 0 aliphatic heterocycles. The second-order valence-electron chi connectivity index (χ2n) is 1.70. The van der Waals surface area contributed by atoms with Gasteiger partial charge in [0.2, 0.25) is 5.83 Å². The summed E-state index contributed by atoms with van der Waals surface area (Å²) >= 11 is 9.95. The van der Waals surface area contributed by atoms with Gasteiger partial charge in [0.1, 0.15) is 11.1 Å². The molecule has 6 heteroatoms. The van der Waals surface area contributed by atoms with Crippen molar-refractivity contribution in [2.75, 3.05) is 20.3 Å². The normalized spacial score (nSPS) is 9.33. The number of carbonyl (C=O) groups excluding carboxylic acids is 1. The highest BCUT2D eigenvalue weighted by atomic mass is 35.5. The van der Waals surface area contributed by atoms with Gasteiger partial charge in [-0.3, -0.25) is 0 Å². The number of methoxy groups -OCH3 is 1. The van der Waals surface area contributed by atoms with Crippen molar-refractivity contribution >= 4 is 29.2 Å². The first-order valence-corrected chi connectivity index (χ1v) is 3.72. The van der Waals surface area contributed by atoms with Crippen LogP contribution in [0.15, 0.2) is 10.3 Å². The first-order valence-electron chi connectivity index (χ1n) is 2.96. The Morgan fingerprint density at radius 1 is 1.42 bits per heavy atom. The lowest BCUT2D eigenvalue weighted by atomic mass is 10.6. The average molecular weight is 217 g/mol. The molecule has 70 valence electrons. The number of esters is 1. The Morgan fingerprint density at radius 3 is 2.42 bits per heavy atom. The van der Waals surface area contributed by atoms with Crippen molar-refractivity contribution in [3.63, 3.8) is 0 Å². The molecule has 0 fully saturated rings. The Balaban J connectivity index is 3.81. The number of hydrogen-bond donors (Lipinski definition) is 0. The van der Waals surface area contributed by atoms with Crippen molar-refractivity contribution in [2.24, 2.45) is 0 Å². The van der Waals surface area contributed by atoms with E-state index in [9.17, 15) is 9.18 Å². The fourth-order valence-electron chi connectivity index (χ4n) is 0.358. The summed E-state index contributed by atoms with van der Waals surface area (Å²) in [6, 6.07) is 0. The summed E-state index contributed by atoms with van der Waals surface area (Å²) in [6.07, 6.45) is 0. The number of ether oxygens (including phenoxy) is 2. The fourth-order valence-corrected chi connectivity index (χ4v) is 0.513. The molecule has 12 heavy (non-hydrogen) atoms. The maximum atomic E-state index is 12.4. The van der Waals surface area contributed by atoms with Crippen molar-refractivity contribution in [1.29, 1.82) is 0 Å². The van der Waals surface area contributed by atoms with Crippen LogP contribution in [-0.4, -0.2) is 26.3 Å². The fraction of sp³-hybridized carbons (Fsp3) is 0.500. The van der Waals surface area contributed by atoms with Crippen LogP contribution in [0.4, 0.5) is 4.39 Å². The third-order valence-electron chi connectivity index (χ3n) is 0.866. The lowest BCUT2D eigenvalue weighted by Gasteiger charge is -2.01. The lowest BCUT2D eigenvalue weighted by molar-refractivity contribution is -0.141. The Morgan fingerprint density at radius 2 is 2.00 bits per heavy atom. The molecular formula is C6H7Cl2FO3. The number of rotatable bonds is 4. The smallest absolute Gasteiger partial charge is 0.369 e. The van der Waals surface area contributed by atoms with Gasteiger partial charge in [-0.05, 0) is 0 Å². The van der Waals surface area contributed by atoms with Gasteiger partial charge in [-0.2, -0.15) is 4.39 Å². The van der Waals surface area contributed by atoms with Crippen LogP contribution in [-0.2, 0) is 14.3 Å². The molecular weight excluding hydrogens is 210 g/mol. The summed E-state index contributed by atoms with van der Waals surface area (Å²) in [6.45, 7) is 0.155. The minimum atomic E-state index is -1.30. The van der Waals surface area contributed by atoms with E-state index in [1.165, 1.54) is 7.11 Å². The summed E-state index contributed by atoms with van der Waals surface area (Å²) in [7, 11) is 1.43. The quantitative estimate of drug-likeness (QED) is 0.409. The van der Waals surface area contributed by atoms with Crippen LogP contribution in [0.1, 0.15) is 0 Å². The molecule has 3 nitrogen and oxygen atoms in total. The van der Waals surface area contributed by atoms with E-state index in [1.807, 2.05) is 0 Å². The highest BCUT2D eigenvalue weighted by Gasteiger charge is 2.13. The molecule has 0 unspecified atom stereocenters. The van der Waals surface area contributed by atoms with Gasteiger partial charge in [0.15, 0.2) is 0 Å². The molecule has 0 saturated heterocycles. The van der Waals surface area contributed by atoms with Gasteiger partial charge in [0.05, 0.1) is 6.61 Å². The monoisotopic (exact) mass is 216 g/mol. The molecule has 0 radical (unpaired) electrons. The maximum absolute atomic E-state index is 12.4. The SMILES string of the molecule is COCCOC(=O)C(F)=C(Cl)Cl. The first kappa shape index (κ1) is 11.7. The maximum Gasteiger partial charge on any atom is 0.369 e. The number of carbonyl (C=O) groups is 1. The molecule has 0 heterocycles. The minimum absolute atomic E-state index is 0.0379. The van der Waals surface area contributed by atoms with E-state index in [2.05, 4.69) is 9.47 Å². The molecule has 0 amide bonds. The zero-order chi connectivity index (χ0) is 9.56. The Labute approximate surface area is 79.0 Å². The van der Waals surface area contributed by atoms with E-state index in [4.69, 9.17) is 23.2 Å². The predicted molar refractivity (Wildman–Crippen MR) is 42.7 cm³/mol. The minimum Gasteiger partial charge on any atom is -0.458 e. The van der Waals surface area contributed by atoms with Crippen LogP contribution in [0.2, 0.25) is 0 Å². The first-order chi connectivity index (χ1) is 5.59. The highest BCUT2D eigenvalue weighted by Crippen LogP contribution is 2.16.